The van der Waals surface area contributed by atoms with Gasteiger partial charge in [-0.25, -0.2) is 14.6 Å². The largest absolute Gasteiger partial charge is 0.465 e. The Kier molecular flexibility index (Phi) is 7.90. The molecule has 0 radical (unpaired) electrons. The van der Waals surface area contributed by atoms with E-state index in [2.05, 4.69) is 29.2 Å². The van der Waals surface area contributed by atoms with E-state index in [0.29, 0.717) is 34.2 Å². The van der Waals surface area contributed by atoms with Gasteiger partial charge in [-0.1, -0.05) is 19.9 Å². The fraction of sp³-hybridized carbons (Fsp3) is 0.542. The number of hydrazine groups is 1. The Hall–Kier alpha value is -2.43. The number of halogens is 1. The first-order valence-corrected chi connectivity index (χ1v) is 12.8. The van der Waals surface area contributed by atoms with Gasteiger partial charge in [0.2, 0.25) is 0 Å². The Morgan fingerprint density at radius 2 is 2.12 bits per heavy atom. The second kappa shape index (κ2) is 10.9. The molecule has 10 heteroatoms. The summed E-state index contributed by atoms with van der Waals surface area (Å²) in [6.45, 7) is 8.01. The van der Waals surface area contributed by atoms with Crippen LogP contribution < -0.4 is 5.43 Å². The van der Waals surface area contributed by atoms with Gasteiger partial charge in [0.25, 0.3) is 5.91 Å². The first-order valence-electron chi connectivity index (χ1n) is 12.0. The number of likely N-dealkylation sites (tertiary alicyclic amines) is 1. The smallest absolute Gasteiger partial charge is 0.407 e. The number of carbonyl (C=O) groups excluding carboxylic acids is 1. The zero-order chi connectivity index (χ0) is 24.2. The van der Waals surface area contributed by atoms with Crippen LogP contribution in [0, 0.1) is 5.82 Å². The van der Waals surface area contributed by atoms with Crippen molar-refractivity contribution in [1.82, 2.24) is 20.2 Å². The third kappa shape index (κ3) is 5.29. The molecule has 2 fully saturated rings. The highest BCUT2D eigenvalue weighted by Gasteiger charge is 2.36. The van der Waals surface area contributed by atoms with Crippen LogP contribution in [-0.4, -0.2) is 75.8 Å². The van der Waals surface area contributed by atoms with Crippen molar-refractivity contribution in [2.75, 3.05) is 32.7 Å². The quantitative estimate of drug-likeness (QED) is 0.606. The van der Waals surface area contributed by atoms with Crippen LogP contribution in [0.3, 0.4) is 0 Å². The number of nitrogens with zero attached hydrogens (tertiary/aromatic N) is 4. The van der Waals surface area contributed by atoms with Crippen LogP contribution in [0.4, 0.5) is 9.18 Å². The molecule has 3 aliphatic heterocycles. The molecule has 0 saturated carbocycles. The summed E-state index contributed by atoms with van der Waals surface area (Å²) in [5, 5.41) is 12.4. The van der Waals surface area contributed by atoms with Crippen LogP contribution in [0.2, 0.25) is 0 Å². The van der Waals surface area contributed by atoms with Gasteiger partial charge in [0.05, 0.1) is 10.9 Å². The number of aliphatic imine (C=N–C) groups is 1. The molecule has 8 nitrogen and oxygen atoms in total. The highest BCUT2D eigenvalue weighted by atomic mass is 32.2. The Morgan fingerprint density at radius 1 is 1.32 bits per heavy atom. The summed E-state index contributed by atoms with van der Waals surface area (Å²) in [4.78, 5) is 33.1. The fourth-order valence-electron chi connectivity index (χ4n) is 5.02. The average molecular weight is 490 g/mol. The van der Waals surface area contributed by atoms with Crippen LogP contribution in [0.25, 0.3) is 6.08 Å². The number of nitrogens with one attached hydrogen (secondary N) is 1. The number of carbonyl (C=O) groups is 2. The minimum absolute atomic E-state index is 0.240. The Morgan fingerprint density at radius 3 is 2.79 bits per heavy atom. The molecule has 184 valence electrons. The lowest BCUT2D eigenvalue weighted by Gasteiger charge is -2.42. The van der Waals surface area contributed by atoms with Gasteiger partial charge in [-0.15, -0.1) is 0 Å². The van der Waals surface area contributed by atoms with Crippen molar-refractivity contribution in [3.8, 4) is 0 Å². The molecule has 0 aromatic heterocycles. The summed E-state index contributed by atoms with van der Waals surface area (Å²) in [7, 11) is 0. The number of amidine groups is 1. The highest BCUT2D eigenvalue weighted by molar-refractivity contribution is 8.18. The molecule has 34 heavy (non-hydrogen) atoms. The van der Waals surface area contributed by atoms with E-state index in [1.807, 2.05) is 5.01 Å². The van der Waals surface area contributed by atoms with E-state index in [1.54, 1.807) is 12.1 Å². The molecule has 2 N–H and O–H groups in total. The van der Waals surface area contributed by atoms with Crippen molar-refractivity contribution in [1.29, 1.82) is 0 Å². The lowest BCUT2D eigenvalue weighted by molar-refractivity contribution is -0.113. The normalized spacial score (nSPS) is 24.8. The molecule has 2 atom stereocenters. The van der Waals surface area contributed by atoms with Crippen LogP contribution >= 0.6 is 11.8 Å². The van der Waals surface area contributed by atoms with Gasteiger partial charge in [-0.2, -0.15) is 4.99 Å². The maximum atomic E-state index is 14.3. The number of hydrogen-bond donors (Lipinski definition) is 2. The molecule has 3 aliphatic rings. The van der Waals surface area contributed by atoms with E-state index in [9.17, 15) is 19.1 Å². The van der Waals surface area contributed by atoms with Crippen LogP contribution in [0.1, 0.15) is 56.7 Å². The number of benzene rings is 1. The number of rotatable bonds is 5. The summed E-state index contributed by atoms with van der Waals surface area (Å²) in [5.41, 5.74) is 4.49. The van der Waals surface area contributed by atoms with E-state index >= 15 is 0 Å². The molecule has 2 amide bonds. The molecule has 1 aromatic rings. The van der Waals surface area contributed by atoms with Crippen molar-refractivity contribution in [3.05, 3.63) is 40.0 Å². The van der Waals surface area contributed by atoms with E-state index in [-0.39, 0.29) is 11.9 Å². The minimum atomic E-state index is -0.987. The molecule has 3 heterocycles. The van der Waals surface area contributed by atoms with Crippen molar-refractivity contribution >= 4 is 35.0 Å². The number of carboxylic acid groups (broad SMARTS) is 1. The molecule has 2 unspecified atom stereocenters. The first kappa shape index (κ1) is 24.7. The molecule has 0 bridgehead atoms. The third-order valence-corrected chi connectivity index (χ3v) is 7.80. The zero-order valence-electron chi connectivity index (χ0n) is 19.7. The van der Waals surface area contributed by atoms with E-state index in [0.717, 1.165) is 45.4 Å². The second-order valence-electron chi connectivity index (χ2n) is 8.74. The lowest BCUT2D eigenvalue weighted by atomic mass is 9.88. The number of thioether (sulfide) groups is 1. The number of piperidine rings is 1. The van der Waals surface area contributed by atoms with Gasteiger partial charge in [0, 0.05) is 25.7 Å². The van der Waals surface area contributed by atoms with Gasteiger partial charge >= 0.3 is 6.09 Å². The average Bonchev–Trinajstić information content (AvgIpc) is 3.20. The van der Waals surface area contributed by atoms with Crippen LogP contribution in [-0.2, 0) is 4.79 Å². The molecular weight excluding hydrogens is 457 g/mol. The Balaban J connectivity index is 1.64. The SMILES string of the molecule is CCN(CC)C1CCN(C(=O)O)C(c2ccc(F)cc2/C=C2/SC(N3CCCCN3)=NC2=O)C1. The first-order chi connectivity index (χ1) is 16.4. The van der Waals surface area contributed by atoms with E-state index in [1.165, 1.54) is 28.8 Å². The van der Waals surface area contributed by atoms with Crippen molar-refractivity contribution in [3.63, 3.8) is 0 Å². The van der Waals surface area contributed by atoms with Crippen molar-refractivity contribution < 1.29 is 19.1 Å². The van der Waals surface area contributed by atoms with Gasteiger partial charge in [0.1, 0.15) is 5.82 Å². The van der Waals surface area contributed by atoms with Crippen LogP contribution in [0.15, 0.2) is 28.1 Å². The maximum absolute atomic E-state index is 14.3. The van der Waals surface area contributed by atoms with Gasteiger partial charge in [-0.05, 0) is 79.9 Å². The van der Waals surface area contributed by atoms with Gasteiger partial charge in [0.15, 0.2) is 5.17 Å². The third-order valence-electron chi connectivity index (χ3n) is 6.79. The molecule has 2 saturated heterocycles. The Bertz CT molecular complexity index is 991. The minimum Gasteiger partial charge on any atom is -0.465 e. The van der Waals surface area contributed by atoms with Crippen LogP contribution in [0.5, 0.6) is 0 Å². The summed E-state index contributed by atoms with van der Waals surface area (Å²) in [6.07, 6.45) is 4.15. The summed E-state index contributed by atoms with van der Waals surface area (Å²) >= 11 is 1.27. The molecule has 1 aromatic carbocycles. The maximum Gasteiger partial charge on any atom is 0.407 e. The van der Waals surface area contributed by atoms with Crippen molar-refractivity contribution in [2.24, 2.45) is 4.99 Å². The summed E-state index contributed by atoms with van der Waals surface area (Å²) < 4.78 is 14.3. The number of amides is 2. The van der Waals surface area contributed by atoms with Gasteiger partial charge < -0.3 is 14.9 Å². The van der Waals surface area contributed by atoms with Gasteiger partial charge in [-0.3, -0.25) is 9.80 Å². The van der Waals surface area contributed by atoms with E-state index in [4.69, 9.17) is 0 Å². The van der Waals surface area contributed by atoms with E-state index < -0.39 is 18.0 Å². The summed E-state index contributed by atoms with van der Waals surface area (Å²) in [5.74, 6) is -0.787. The predicted molar refractivity (Wildman–Crippen MR) is 132 cm³/mol. The zero-order valence-corrected chi connectivity index (χ0v) is 20.5. The monoisotopic (exact) mass is 489 g/mol. The highest BCUT2D eigenvalue weighted by Crippen LogP contribution is 2.38. The molecule has 0 aliphatic carbocycles. The molecule has 0 spiro atoms. The predicted octanol–water partition coefficient (Wildman–Crippen LogP) is 3.92. The number of hydrogen-bond acceptors (Lipinski definition) is 6. The summed E-state index contributed by atoms with van der Waals surface area (Å²) in [6, 6.07) is 4.22. The lowest BCUT2D eigenvalue weighted by Crippen LogP contribution is -2.48. The fourth-order valence-corrected chi connectivity index (χ4v) is 5.93. The second-order valence-corrected chi connectivity index (χ2v) is 9.75. The molecular formula is C24H32FN5O3S. The standard InChI is InChI=1S/C24H32FN5O3S/c1-3-28(4-2)18-9-12-29(24(32)33)20(15-18)19-8-7-17(25)13-16(19)14-21-22(31)27-23(34-21)30-11-6-5-10-26-30/h7-8,13-14,18,20,26H,3-6,9-12,15H2,1-2H3,(H,32,33)/b21-14+. The Labute approximate surface area is 203 Å². The van der Waals surface area contributed by atoms with Crippen molar-refractivity contribution in [2.45, 2.75) is 51.6 Å². The molecule has 4 rings (SSSR count). The topological polar surface area (TPSA) is 88.5 Å².